The third kappa shape index (κ3) is 4.91. The summed E-state index contributed by atoms with van der Waals surface area (Å²) in [5.41, 5.74) is -1.69. The molecular weight excluding hydrogens is 565 g/mol. The van der Waals surface area contributed by atoms with Gasteiger partial charge in [0.2, 0.25) is 0 Å². The molecule has 2 aromatic carbocycles. The number of aromatic nitrogens is 4. The molecule has 0 radical (unpaired) electrons. The zero-order chi connectivity index (χ0) is 24.6. The first kappa shape index (κ1) is 24.1. The Balaban J connectivity index is 1.70. The number of benzene rings is 2. The van der Waals surface area contributed by atoms with Crippen molar-refractivity contribution in [2.75, 3.05) is 5.32 Å². The van der Waals surface area contributed by atoms with Crippen LogP contribution >= 0.6 is 39.1 Å². The minimum atomic E-state index is -4.83. The predicted octanol–water partition coefficient (Wildman–Crippen LogP) is 6.81. The molecule has 6 nitrogen and oxygen atoms in total. The van der Waals surface area contributed by atoms with Crippen LogP contribution in [0.25, 0.3) is 16.9 Å². The van der Waals surface area contributed by atoms with Gasteiger partial charge in [-0.1, -0.05) is 45.2 Å². The Morgan fingerprint density at radius 1 is 1.00 bits per heavy atom. The van der Waals surface area contributed by atoms with Gasteiger partial charge in [0.15, 0.2) is 5.82 Å². The Morgan fingerprint density at radius 2 is 1.71 bits per heavy atom. The molecule has 174 valence electrons. The van der Waals surface area contributed by atoms with Crippen molar-refractivity contribution in [3.05, 3.63) is 86.5 Å². The number of carbonyl (C=O) groups is 1. The van der Waals surface area contributed by atoms with E-state index >= 15 is 0 Å². The lowest BCUT2D eigenvalue weighted by atomic mass is 9.96. The van der Waals surface area contributed by atoms with Crippen molar-refractivity contribution in [2.24, 2.45) is 0 Å². The van der Waals surface area contributed by atoms with E-state index in [2.05, 4.69) is 36.4 Å². The first-order valence-electron chi connectivity index (χ1n) is 9.24. The van der Waals surface area contributed by atoms with Crippen LogP contribution in [0.5, 0.6) is 0 Å². The minimum Gasteiger partial charge on any atom is -0.320 e. The van der Waals surface area contributed by atoms with Gasteiger partial charge in [0.1, 0.15) is 5.82 Å². The summed E-state index contributed by atoms with van der Waals surface area (Å²) in [4.78, 5) is 18.0. The van der Waals surface area contributed by atoms with E-state index in [1.165, 1.54) is 30.7 Å². The van der Waals surface area contributed by atoms with Gasteiger partial charge < -0.3 is 5.32 Å². The molecule has 34 heavy (non-hydrogen) atoms. The van der Waals surface area contributed by atoms with Crippen LogP contribution in [0.3, 0.4) is 0 Å². The first-order chi connectivity index (χ1) is 16.0. The lowest BCUT2D eigenvalue weighted by Crippen LogP contribution is -2.16. The highest BCUT2D eigenvalue weighted by atomic mass is 79.9. The number of pyridine rings is 1. The second-order valence-electron chi connectivity index (χ2n) is 6.80. The standard InChI is InChI=1S/C21H10BrCl2F4N5O/c22-16-5-10(25)1-2-12(16)13-8-17(23)14(7-15(13)21(26,27)28)20(34)32-11-6-18(24)19(29-9-11)33-30-3-4-31-33/h1-9H,(H,32,34). The average molecular weight is 575 g/mol. The molecule has 0 saturated heterocycles. The number of nitrogens with one attached hydrogen (secondary N) is 1. The van der Waals surface area contributed by atoms with Crippen LogP contribution in [0.15, 0.2) is 59.5 Å². The highest BCUT2D eigenvalue weighted by molar-refractivity contribution is 9.10. The average Bonchev–Trinajstić information content (AvgIpc) is 3.27. The maximum atomic E-state index is 13.9. The molecule has 0 saturated carbocycles. The second kappa shape index (κ2) is 9.32. The topological polar surface area (TPSA) is 72.7 Å². The van der Waals surface area contributed by atoms with Gasteiger partial charge in [-0.2, -0.15) is 23.4 Å². The normalized spacial score (nSPS) is 11.5. The molecule has 0 aliphatic carbocycles. The number of hydrogen-bond acceptors (Lipinski definition) is 4. The fourth-order valence-electron chi connectivity index (χ4n) is 3.08. The Labute approximate surface area is 207 Å². The largest absolute Gasteiger partial charge is 0.417 e. The van der Waals surface area contributed by atoms with Crippen LogP contribution in [0.4, 0.5) is 23.2 Å². The van der Waals surface area contributed by atoms with Crippen LogP contribution in [-0.2, 0) is 6.18 Å². The van der Waals surface area contributed by atoms with Crippen LogP contribution in [0.2, 0.25) is 10.0 Å². The molecule has 0 spiro atoms. The smallest absolute Gasteiger partial charge is 0.320 e. The molecule has 0 aliphatic rings. The van der Waals surface area contributed by atoms with Gasteiger partial charge >= 0.3 is 6.18 Å². The Kier molecular flexibility index (Phi) is 6.61. The molecule has 4 aromatic rings. The fraction of sp³-hybridized carbons (Fsp3) is 0.0476. The van der Waals surface area contributed by atoms with E-state index in [-0.39, 0.29) is 37.2 Å². The first-order valence-corrected chi connectivity index (χ1v) is 10.8. The number of nitrogens with zero attached hydrogens (tertiary/aromatic N) is 4. The highest BCUT2D eigenvalue weighted by Crippen LogP contribution is 2.42. The van der Waals surface area contributed by atoms with Crippen LogP contribution in [0, 0.1) is 5.82 Å². The highest BCUT2D eigenvalue weighted by Gasteiger charge is 2.36. The second-order valence-corrected chi connectivity index (χ2v) is 8.47. The molecule has 1 N–H and O–H groups in total. The van der Waals surface area contributed by atoms with E-state index in [4.69, 9.17) is 23.2 Å². The van der Waals surface area contributed by atoms with Crippen molar-refractivity contribution in [1.82, 2.24) is 20.0 Å². The van der Waals surface area contributed by atoms with Gasteiger partial charge in [0.05, 0.1) is 45.5 Å². The lowest BCUT2D eigenvalue weighted by Gasteiger charge is -2.17. The van der Waals surface area contributed by atoms with E-state index in [1.54, 1.807) is 0 Å². The predicted molar refractivity (Wildman–Crippen MR) is 122 cm³/mol. The van der Waals surface area contributed by atoms with Crippen molar-refractivity contribution in [3.8, 4) is 16.9 Å². The van der Waals surface area contributed by atoms with E-state index in [1.807, 2.05) is 0 Å². The summed E-state index contributed by atoms with van der Waals surface area (Å²) < 4.78 is 55.1. The zero-order valence-electron chi connectivity index (χ0n) is 16.5. The maximum Gasteiger partial charge on any atom is 0.417 e. The summed E-state index contributed by atoms with van der Waals surface area (Å²) in [6.07, 6.45) is -0.749. The summed E-state index contributed by atoms with van der Waals surface area (Å²) in [7, 11) is 0. The van der Waals surface area contributed by atoms with Crippen molar-refractivity contribution in [3.63, 3.8) is 0 Å². The lowest BCUT2D eigenvalue weighted by molar-refractivity contribution is -0.137. The number of rotatable bonds is 4. The number of amides is 1. The number of halogens is 7. The molecule has 2 aromatic heterocycles. The summed E-state index contributed by atoms with van der Waals surface area (Å²) >= 11 is 15.4. The van der Waals surface area contributed by atoms with E-state index in [0.29, 0.717) is 6.07 Å². The summed E-state index contributed by atoms with van der Waals surface area (Å²) in [6.45, 7) is 0. The fourth-order valence-corrected chi connectivity index (χ4v) is 4.14. The minimum absolute atomic E-state index is 0.0568. The summed E-state index contributed by atoms with van der Waals surface area (Å²) in [5, 5.41) is 10.1. The van der Waals surface area contributed by atoms with Crippen molar-refractivity contribution in [1.29, 1.82) is 0 Å². The monoisotopic (exact) mass is 573 g/mol. The SMILES string of the molecule is O=C(Nc1cnc(-n2nccn2)c(Cl)c1)c1cc(C(F)(F)F)c(-c2ccc(F)cc2Br)cc1Cl. The molecule has 0 unspecified atom stereocenters. The number of hydrogen-bond donors (Lipinski definition) is 1. The molecule has 0 bridgehead atoms. The Morgan fingerprint density at radius 3 is 2.32 bits per heavy atom. The molecule has 0 aliphatic heterocycles. The number of anilines is 1. The molecule has 13 heteroatoms. The summed E-state index contributed by atoms with van der Waals surface area (Å²) in [5.74, 6) is -1.35. The maximum absolute atomic E-state index is 13.9. The third-order valence-corrected chi connectivity index (χ3v) is 5.81. The Bertz CT molecular complexity index is 1400. The zero-order valence-corrected chi connectivity index (χ0v) is 19.6. The van der Waals surface area contributed by atoms with Gasteiger partial charge in [-0.3, -0.25) is 4.79 Å². The van der Waals surface area contributed by atoms with E-state index in [9.17, 15) is 22.4 Å². The quantitative estimate of drug-likeness (QED) is 0.272. The molecule has 2 heterocycles. The van der Waals surface area contributed by atoms with Crippen molar-refractivity contribution in [2.45, 2.75) is 6.18 Å². The van der Waals surface area contributed by atoms with Gasteiger partial charge in [0.25, 0.3) is 5.91 Å². The molecule has 1 amide bonds. The summed E-state index contributed by atoms with van der Waals surface area (Å²) in [6, 6.07) is 6.23. The van der Waals surface area contributed by atoms with Gasteiger partial charge in [-0.25, -0.2) is 9.37 Å². The van der Waals surface area contributed by atoms with Gasteiger partial charge in [-0.05, 0) is 41.5 Å². The van der Waals surface area contributed by atoms with Crippen LogP contribution in [-0.4, -0.2) is 25.9 Å². The molecule has 4 rings (SSSR count). The Hall–Kier alpha value is -3.02. The van der Waals surface area contributed by atoms with Crippen molar-refractivity contribution < 1.29 is 22.4 Å². The van der Waals surface area contributed by atoms with E-state index in [0.717, 1.165) is 23.0 Å². The molecule has 0 fully saturated rings. The van der Waals surface area contributed by atoms with Crippen LogP contribution < -0.4 is 5.32 Å². The van der Waals surface area contributed by atoms with Crippen LogP contribution in [0.1, 0.15) is 15.9 Å². The third-order valence-electron chi connectivity index (χ3n) is 4.57. The van der Waals surface area contributed by atoms with Crippen molar-refractivity contribution >= 4 is 50.7 Å². The number of alkyl halides is 3. The molecule has 0 atom stereocenters. The van der Waals surface area contributed by atoms with Gasteiger partial charge in [0, 0.05) is 4.47 Å². The van der Waals surface area contributed by atoms with Gasteiger partial charge in [-0.15, -0.1) is 4.80 Å². The van der Waals surface area contributed by atoms with E-state index < -0.39 is 29.0 Å². The number of carbonyl (C=O) groups excluding carboxylic acids is 1. The molecular formula is C21H10BrCl2F4N5O.